The van der Waals surface area contributed by atoms with Gasteiger partial charge < -0.3 is 10.6 Å². The molecule has 0 aromatic heterocycles. The minimum absolute atomic E-state index is 0.0610. The molecule has 8 heteroatoms. The van der Waals surface area contributed by atoms with Crippen molar-refractivity contribution in [3.63, 3.8) is 0 Å². The molecule has 2 amide bonds. The Balaban J connectivity index is 2.08. The number of carbonyl (C=O) groups excluding carboxylic acids is 2. The van der Waals surface area contributed by atoms with E-state index in [1.54, 1.807) is 30.3 Å². The smallest absolute Gasteiger partial charge is 0.368 e. The van der Waals surface area contributed by atoms with E-state index in [1.807, 2.05) is 0 Å². The molecule has 0 bridgehead atoms. The van der Waals surface area contributed by atoms with Crippen molar-refractivity contribution in [1.82, 2.24) is 4.90 Å². The molecule has 0 aliphatic rings. The molecule has 0 aliphatic heterocycles. The number of rotatable bonds is 6. The van der Waals surface area contributed by atoms with E-state index in [9.17, 15) is 27.2 Å². The Morgan fingerprint density at radius 2 is 1.58 bits per heavy atom. The lowest BCUT2D eigenvalue weighted by Crippen LogP contribution is -2.41. The number of nitrogens with two attached hydrogens (primary N) is 1. The van der Waals surface area contributed by atoms with Gasteiger partial charge in [0.05, 0.1) is 5.56 Å². The number of benzene rings is 3. The third kappa shape index (κ3) is 5.28. The molecule has 0 aliphatic carbocycles. The summed E-state index contributed by atoms with van der Waals surface area (Å²) < 4.78 is 53.1. The standard InChI is InChI=1S/C23H18F4N2O2/c24-19-11-5-9-17(13-19)22(31)29(20(21(28)30)16-7-2-1-3-8-16)14-15-6-4-10-18(12-15)23(25,26)27/h1-13,20H,14H2,(H2,28,30)/t20-/m1/s1. The minimum atomic E-state index is -4.57. The number of hydrogen-bond donors (Lipinski definition) is 1. The van der Waals surface area contributed by atoms with Crippen LogP contribution in [0.3, 0.4) is 0 Å². The van der Waals surface area contributed by atoms with E-state index in [-0.39, 0.29) is 17.7 Å². The predicted octanol–water partition coefficient (Wildman–Crippen LogP) is 4.71. The summed E-state index contributed by atoms with van der Waals surface area (Å²) in [5.74, 6) is -2.28. The van der Waals surface area contributed by atoms with E-state index in [1.165, 1.54) is 24.3 Å². The Morgan fingerprint density at radius 1 is 0.903 bits per heavy atom. The number of primary amides is 1. The van der Waals surface area contributed by atoms with Crippen LogP contribution in [0.15, 0.2) is 78.9 Å². The Morgan fingerprint density at radius 3 is 2.19 bits per heavy atom. The average molecular weight is 430 g/mol. The molecular weight excluding hydrogens is 412 g/mol. The summed E-state index contributed by atoms with van der Waals surface area (Å²) in [4.78, 5) is 26.6. The molecule has 0 radical (unpaired) electrons. The molecule has 160 valence electrons. The molecule has 31 heavy (non-hydrogen) atoms. The van der Waals surface area contributed by atoms with Crippen LogP contribution in [0.4, 0.5) is 17.6 Å². The molecule has 0 spiro atoms. The molecule has 3 aromatic carbocycles. The summed E-state index contributed by atoms with van der Waals surface area (Å²) in [6, 6.07) is 16.1. The zero-order chi connectivity index (χ0) is 22.6. The van der Waals surface area contributed by atoms with Gasteiger partial charge in [-0.05, 0) is 41.5 Å². The van der Waals surface area contributed by atoms with Crippen LogP contribution in [0.5, 0.6) is 0 Å². The van der Waals surface area contributed by atoms with Gasteiger partial charge in [-0.3, -0.25) is 9.59 Å². The highest BCUT2D eigenvalue weighted by Crippen LogP contribution is 2.31. The molecule has 2 N–H and O–H groups in total. The summed E-state index contributed by atoms with van der Waals surface area (Å²) in [5, 5.41) is 0. The Labute approximate surface area is 175 Å². The molecule has 0 unspecified atom stereocenters. The zero-order valence-electron chi connectivity index (χ0n) is 16.1. The molecule has 0 heterocycles. The van der Waals surface area contributed by atoms with Crippen LogP contribution in [0, 0.1) is 5.82 Å². The highest BCUT2D eigenvalue weighted by atomic mass is 19.4. The molecule has 3 rings (SSSR count). The maximum atomic E-state index is 13.7. The highest BCUT2D eigenvalue weighted by Gasteiger charge is 2.33. The third-order valence-electron chi connectivity index (χ3n) is 4.64. The summed E-state index contributed by atoms with van der Waals surface area (Å²) in [5.41, 5.74) is 5.15. The zero-order valence-corrected chi connectivity index (χ0v) is 16.1. The van der Waals surface area contributed by atoms with Gasteiger partial charge in [-0.1, -0.05) is 48.5 Å². The first-order valence-electron chi connectivity index (χ1n) is 9.24. The van der Waals surface area contributed by atoms with Crippen LogP contribution >= 0.6 is 0 Å². The van der Waals surface area contributed by atoms with E-state index in [0.717, 1.165) is 29.2 Å². The summed E-state index contributed by atoms with van der Waals surface area (Å²) in [6.45, 7) is -0.345. The molecular formula is C23H18F4N2O2. The van der Waals surface area contributed by atoms with Gasteiger partial charge in [0.2, 0.25) is 5.91 Å². The molecule has 0 fully saturated rings. The van der Waals surface area contributed by atoms with Crippen molar-refractivity contribution in [2.75, 3.05) is 0 Å². The van der Waals surface area contributed by atoms with Crippen LogP contribution in [-0.2, 0) is 17.5 Å². The van der Waals surface area contributed by atoms with Crippen LogP contribution < -0.4 is 5.73 Å². The van der Waals surface area contributed by atoms with Gasteiger partial charge in [0.1, 0.15) is 11.9 Å². The van der Waals surface area contributed by atoms with Crippen LogP contribution in [-0.4, -0.2) is 16.7 Å². The van der Waals surface area contributed by atoms with Gasteiger partial charge in [0, 0.05) is 12.1 Å². The number of amides is 2. The normalized spacial score (nSPS) is 12.3. The van der Waals surface area contributed by atoms with Crippen molar-refractivity contribution in [2.24, 2.45) is 5.73 Å². The van der Waals surface area contributed by atoms with Gasteiger partial charge in [0.25, 0.3) is 5.91 Å². The van der Waals surface area contributed by atoms with Crippen molar-refractivity contribution in [3.8, 4) is 0 Å². The number of nitrogens with zero attached hydrogens (tertiary/aromatic N) is 1. The van der Waals surface area contributed by atoms with Crippen molar-refractivity contribution in [3.05, 3.63) is 107 Å². The SMILES string of the molecule is NC(=O)[C@@H](c1ccccc1)N(Cc1cccc(C(F)(F)F)c1)C(=O)c1cccc(F)c1. The first kappa shape index (κ1) is 22.0. The second-order valence-corrected chi connectivity index (χ2v) is 6.86. The van der Waals surface area contributed by atoms with Gasteiger partial charge in [-0.2, -0.15) is 13.2 Å². The van der Waals surface area contributed by atoms with Crippen LogP contribution in [0.1, 0.15) is 33.1 Å². The topological polar surface area (TPSA) is 63.4 Å². The number of hydrogen-bond acceptors (Lipinski definition) is 2. The lowest BCUT2D eigenvalue weighted by Gasteiger charge is -2.30. The average Bonchev–Trinajstić information content (AvgIpc) is 2.73. The highest BCUT2D eigenvalue weighted by molar-refractivity contribution is 5.97. The first-order chi connectivity index (χ1) is 14.7. The predicted molar refractivity (Wildman–Crippen MR) is 106 cm³/mol. The van der Waals surface area contributed by atoms with Crippen molar-refractivity contribution in [2.45, 2.75) is 18.8 Å². The summed E-state index contributed by atoms with van der Waals surface area (Å²) >= 11 is 0. The molecule has 0 saturated carbocycles. The fraction of sp³-hybridized carbons (Fsp3) is 0.130. The fourth-order valence-electron chi connectivity index (χ4n) is 3.24. The van der Waals surface area contributed by atoms with Crippen LogP contribution in [0.25, 0.3) is 0 Å². The third-order valence-corrected chi connectivity index (χ3v) is 4.64. The van der Waals surface area contributed by atoms with E-state index in [0.29, 0.717) is 5.56 Å². The Hall–Kier alpha value is -3.68. The monoisotopic (exact) mass is 430 g/mol. The second kappa shape index (κ2) is 8.99. The van der Waals surface area contributed by atoms with Gasteiger partial charge in [-0.25, -0.2) is 4.39 Å². The van der Waals surface area contributed by atoms with Gasteiger partial charge in [0.15, 0.2) is 0 Å². The Kier molecular flexibility index (Phi) is 6.39. The van der Waals surface area contributed by atoms with Crippen molar-refractivity contribution < 1.29 is 27.2 Å². The van der Waals surface area contributed by atoms with Crippen molar-refractivity contribution in [1.29, 1.82) is 0 Å². The first-order valence-corrected chi connectivity index (χ1v) is 9.24. The van der Waals surface area contributed by atoms with Gasteiger partial charge in [-0.15, -0.1) is 0 Å². The summed E-state index contributed by atoms with van der Waals surface area (Å²) in [6.07, 6.45) is -4.57. The lowest BCUT2D eigenvalue weighted by molar-refractivity contribution is -0.137. The number of alkyl halides is 3. The minimum Gasteiger partial charge on any atom is -0.368 e. The fourth-order valence-corrected chi connectivity index (χ4v) is 3.24. The largest absolute Gasteiger partial charge is 0.416 e. The quantitative estimate of drug-likeness (QED) is 0.576. The molecule has 0 saturated heterocycles. The van der Waals surface area contributed by atoms with Crippen LogP contribution in [0.2, 0.25) is 0 Å². The van der Waals surface area contributed by atoms with E-state index in [2.05, 4.69) is 0 Å². The molecule has 4 nitrogen and oxygen atoms in total. The Bertz CT molecular complexity index is 1080. The summed E-state index contributed by atoms with van der Waals surface area (Å²) in [7, 11) is 0. The lowest BCUT2D eigenvalue weighted by atomic mass is 10.0. The number of carbonyl (C=O) groups is 2. The van der Waals surface area contributed by atoms with E-state index in [4.69, 9.17) is 5.73 Å². The number of halogens is 4. The van der Waals surface area contributed by atoms with Gasteiger partial charge >= 0.3 is 6.18 Å². The maximum absolute atomic E-state index is 13.7. The van der Waals surface area contributed by atoms with E-state index < -0.39 is 35.4 Å². The molecule has 1 atom stereocenters. The molecule has 3 aromatic rings. The second-order valence-electron chi connectivity index (χ2n) is 6.86. The van der Waals surface area contributed by atoms with Crippen molar-refractivity contribution >= 4 is 11.8 Å². The maximum Gasteiger partial charge on any atom is 0.416 e. The van der Waals surface area contributed by atoms with E-state index >= 15 is 0 Å².